The molecular weight excluding hydrogens is 280 g/mol. The molecular formula is C14H9F2N3O2. The molecule has 0 aliphatic carbocycles. The predicted octanol–water partition coefficient (Wildman–Crippen LogP) is 2.56. The second-order valence-corrected chi connectivity index (χ2v) is 4.32. The Balaban J connectivity index is 2.28. The minimum atomic E-state index is -0.821. The monoisotopic (exact) mass is 289 g/mol. The van der Waals surface area contributed by atoms with Gasteiger partial charge in [0.25, 0.3) is 0 Å². The summed E-state index contributed by atoms with van der Waals surface area (Å²) in [6, 6.07) is 4.32. The van der Waals surface area contributed by atoms with Crippen LogP contribution in [0.3, 0.4) is 0 Å². The first kappa shape index (κ1) is 13.0. The highest BCUT2D eigenvalue weighted by Gasteiger charge is 2.22. The second kappa shape index (κ2) is 4.86. The third-order valence-electron chi connectivity index (χ3n) is 3.00. The van der Waals surface area contributed by atoms with E-state index in [0.29, 0.717) is 0 Å². The maximum atomic E-state index is 13.9. The van der Waals surface area contributed by atoms with Crippen LogP contribution in [0, 0.1) is 11.6 Å². The lowest BCUT2D eigenvalue weighted by atomic mass is 10.0. The van der Waals surface area contributed by atoms with Gasteiger partial charge in [0.15, 0.2) is 5.43 Å². The summed E-state index contributed by atoms with van der Waals surface area (Å²) in [4.78, 5) is 14.6. The van der Waals surface area contributed by atoms with Gasteiger partial charge in [0.05, 0.1) is 11.1 Å². The molecule has 0 saturated heterocycles. The summed E-state index contributed by atoms with van der Waals surface area (Å²) in [5.41, 5.74) is 5.74. The van der Waals surface area contributed by atoms with Crippen LogP contribution in [0.25, 0.3) is 22.4 Å². The molecule has 0 aliphatic heterocycles. The first-order chi connectivity index (χ1) is 10.1. The summed E-state index contributed by atoms with van der Waals surface area (Å²) in [6.45, 7) is 0. The van der Waals surface area contributed by atoms with Crippen molar-refractivity contribution in [3.63, 3.8) is 0 Å². The van der Waals surface area contributed by atoms with Crippen molar-refractivity contribution in [2.24, 2.45) is 0 Å². The second-order valence-electron chi connectivity index (χ2n) is 4.32. The topological polar surface area (TPSA) is 84.9 Å². The summed E-state index contributed by atoms with van der Waals surface area (Å²) in [6.07, 6.45) is 2.86. The van der Waals surface area contributed by atoms with E-state index in [0.717, 1.165) is 12.1 Å². The summed E-state index contributed by atoms with van der Waals surface area (Å²) in [5.74, 6) is -1.69. The maximum Gasteiger partial charge on any atom is 0.230 e. The van der Waals surface area contributed by atoms with Gasteiger partial charge in [-0.05, 0) is 12.1 Å². The molecule has 7 heteroatoms. The minimum absolute atomic E-state index is 0.00778. The van der Waals surface area contributed by atoms with Crippen LogP contribution in [0.1, 0.15) is 0 Å². The first-order valence-electron chi connectivity index (χ1n) is 5.96. The Morgan fingerprint density at radius 3 is 2.71 bits per heavy atom. The summed E-state index contributed by atoms with van der Waals surface area (Å²) in [5, 5.41) is 3.71. The molecule has 5 nitrogen and oxygen atoms in total. The standard InChI is InChI=1S/C14H9F2N3O2/c15-7-1-2-8(10(16)5-7)12-13(19-21-14(12)17)9-6-18-4-3-11(9)20/h1-6H,17H2,(H,18,20). The van der Waals surface area contributed by atoms with Gasteiger partial charge in [-0.15, -0.1) is 0 Å². The van der Waals surface area contributed by atoms with E-state index in [4.69, 9.17) is 10.3 Å². The molecule has 0 amide bonds. The summed E-state index contributed by atoms with van der Waals surface area (Å²) in [7, 11) is 0. The number of nitrogen functional groups attached to an aromatic ring is 1. The van der Waals surface area contributed by atoms with Crippen molar-refractivity contribution in [1.29, 1.82) is 0 Å². The highest BCUT2D eigenvalue weighted by atomic mass is 19.1. The van der Waals surface area contributed by atoms with Crippen molar-refractivity contribution in [3.8, 4) is 22.4 Å². The Morgan fingerprint density at radius 2 is 2.00 bits per heavy atom. The minimum Gasteiger partial charge on any atom is -0.367 e. The molecule has 0 fully saturated rings. The molecule has 0 aliphatic rings. The number of pyridine rings is 1. The number of aromatic nitrogens is 2. The number of rotatable bonds is 2. The molecule has 3 aromatic rings. The Kier molecular flexibility index (Phi) is 3.02. The average molecular weight is 289 g/mol. The Hall–Kier alpha value is -2.96. The van der Waals surface area contributed by atoms with Crippen molar-refractivity contribution in [2.45, 2.75) is 0 Å². The maximum absolute atomic E-state index is 13.9. The molecule has 0 bridgehead atoms. The van der Waals surface area contributed by atoms with Crippen LogP contribution in [0.2, 0.25) is 0 Å². The Morgan fingerprint density at radius 1 is 1.19 bits per heavy atom. The van der Waals surface area contributed by atoms with Gasteiger partial charge in [0.2, 0.25) is 5.88 Å². The fourth-order valence-electron chi connectivity index (χ4n) is 2.04. The number of nitrogens with two attached hydrogens (primary N) is 1. The van der Waals surface area contributed by atoms with Gasteiger partial charge in [0.1, 0.15) is 17.3 Å². The van der Waals surface area contributed by atoms with Crippen molar-refractivity contribution in [3.05, 3.63) is 58.5 Å². The van der Waals surface area contributed by atoms with Gasteiger partial charge in [-0.1, -0.05) is 5.16 Å². The number of benzene rings is 1. The molecule has 1 aromatic carbocycles. The van der Waals surface area contributed by atoms with Crippen molar-refractivity contribution in [2.75, 3.05) is 5.73 Å². The lowest BCUT2D eigenvalue weighted by molar-refractivity contribution is 0.439. The Labute approximate surface area is 117 Å². The molecule has 0 atom stereocenters. The van der Waals surface area contributed by atoms with Crippen LogP contribution >= 0.6 is 0 Å². The lowest BCUT2D eigenvalue weighted by Crippen LogP contribution is -2.04. The highest BCUT2D eigenvalue weighted by molar-refractivity contribution is 5.86. The fraction of sp³-hybridized carbons (Fsp3) is 0. The van der Waals surface area contributed by atoms with Crippen LogP contribution < -0.4 is 11.2 Å². The zero-order chi connectivity index (χ0) is 15.0. The normalized spacial score (nSPS) is 10.8. The number of hydrogen-bond donors (Lipinski definition) is 2. The van der Waals surface area contributed by atoms with Crippen LogP contribution in [0.15, 0.2) is 46.0 Å². The molecule has 3 rings (SSSR count). The molecule has 21 heavy (non-hydrogen) atoms. The lowest BCUT2D eigenvalue weighted by Gasteiger charge is -2.04. The molecule has 0 spiro atoms. The highest BCUT2D eigenvalue weighted by Crippen LogP contribution is 2.36. The van der Waals surface area contributed by atoms with Crippen LogP contribution in [0.4, 0.5) is 14.7 Å². The number of aromatic amines is 1. The molecule has 2 aromatic heterocycles. The van der Waals surface area contributed by atoms with E-state index in [-0.39, 0.29) is 33.7 Å². The number of hydrogen-bond acceptors (Lipinski definition) is 4. The zero-order valence-electron chi connectivity index (χ0n) is 10.6. The van der Waals surface area contributed by atoms with Crippen LogP contribution in [-0.4, -0.2) is 10.1 Å². The first-order valence-corrected chi connectivity index (χ1v) is 5.96. The number of anilines is 1. The van der Waals surface area contributed by atoms with Gasteiger partial charge >= 0.3 is 0 Å². The van der Waals surface area contributed by atoms with E-state index in [2.05, 4.69) is 10.1 Å². The molecule has 3 N–H and O–H groups in total. The molecule has 0 saturated carbocycles. The van der Waals surface area contributed by atoms with Gasteiger partial charge in [0, 0.05) is 30.1 Å². The van der Waals surface area contributed by atoms with Crippen LogP contribution in [0.5, 0.6) is 0 Å². The number of H-pyrrole nitrogens is 1. The average Bonchev–Trinajstić information content (AvgIpc) is 2.81. The molecule has 106 valence electrons. The van der Waals surface area contributed by atoms with Crippen molar-refractivity contribution in [1.82, 2.24) is 10.1 Å². The smallest absolute Gasteiger partial charge is 0.230 e. The van der Waals surface area contributed by atoms with E-state index < -0.39 is 11.6 Å². The number of nitrogens with zero attached hydrogens (tertiary/aromatic N) is 1. The fourth-order valence-corrected chi connectivity index (χ4v) is 2.04. The van der Waals surface area contributed by atoms with Crippen molar-refractivity contribution >= 4 is 5.88 Å². The number of nitrogens with one attached hydrogen (secondary N) is 1. The van der Waals surface area contributed by atoms with Gasteiger partial charge in [-0.3, -0.25) is 4.79 Å². The largest absolute Gasteiger partial charge is 0.367 e. The predicted molar refractivity (Wildman–Crippen MR) is 72.3 cm³/mol. The third kappa shape index (κ3) is 2.18. The van der Waals surface area contributed by atoms with Gasteiger partial charge < -0.3 is 15.2 Å². The quantitative estimate of drug-likeness (QED) is 0.759. The molecule has 2 heterocycles. The number of halogens is 2. The molecule has 0 radical (unpaired) electrons. The Bertz CT molecular complexity index is 871. The van der Waals surface area contributed by atoms with Gasteiger partial charge in [-0.2, -0.15) is 0 Å². The van der Waals surface area contributed by atoms with E-state index in [1.54, 1.807) is 0 Å². The molecule has 0 unspecified atom stereocenters. The van der Waals surface area contributed by atoms with Gasteiger partial charge in [-0.25, -0.2) is 8.78 Å². The third-order valence-corrected chi connectivity index (χ3v) is 3.00. The van der Waals surface area contributed by atoms with E-state index in [1.165, 1.54) is 24.5 Å². The SMILES string of the molecule is Nc1onc(-c2c[nH]ccc2=O)c1-c1ccc(F)cc1F. The summed E-state index contributed by atoms with van der Waals surface area (Å²) >= 11 is 0. The van der Waals surface area contributed by atoms with E-state index >= 15 is 0 Å². The van der Waals surface area contributed by atoms with Crippen molar-refractivity contribution < 1.29 is 13.3 Å². The van der Waals surface area contributed by atoms with E-state index in [9.17, 15) is 13.6 Å². The van der Waals surface area contributed by atoms with E-state index in [1.807, 2.05) is 0 Å². The zero-order valence-corrected chi connectivity index (χ0v) is 10.6. The van der Waals surface area contributed by atoms with Crippen LogP contribution in [-0.2, 0) is 0 Å². The summed E-state index contributed by atoms with van der Waals surface area (Å²) < 4.78 is 31.8.